The van der Waals surface area contributed by atoms with Gasteiger partial charge in [-0.2, -0.15) is 0 Å². The molecular formula is C10H19F. The van der Waals surface area contributed by atoms with Crippen molar-refractivity contribution in [2.24, 2.45) is 17.3 Å². The molecule has 1 unspecified atom stereocenters. The first-order valence-electron chi connectivity index (χ1n) is 4.55. The maximum atomic E-state index is 13.1. The fraction of sp³-hybridized carbons (Fsp3) is 1.00. The van der Waals surface area contributed by atoms with E-state index < -0.39 is 6.17 Å². The summed E-state index contributed by atoms with van der Waals surface area (Å²) in [5.41, 5.74) is 0.301. The third-order valence-electron chi connectivity index (χ3n) is 3.01. The van der Waals surface area contributed by atoms with Gasteiger partial charge < -0.3 is 0 Å². The summed E-state index contributed by atoms with van der Waals surface area (Å²) in [7, 11) is 0. The van der Waals surface area contributed by atoms with Gasteiger partial charge in [-0.15, -0.1) is 0 Å². The van der Waals surface area contributed by atoms with Crippen LogP contribution in [0.15, 0.2) is 0 Å². The lowest BCUT2D eigenvalue weighted by atomic mass is 9.79. The molecule has 3 atom stereocenters. The summed E-state index contributed by atoms with van der Waals surface area (Å²) in [6.07, 6.45) is 1.31. The zero-order chi connectivity index (χ0) is 8.65. The maximum absolute atomic E-state index is 13.1. The van der Waals surface area contributed by atoms with Crippen molar-refractivity contribution >= 4 is 0 Å². The van der Waals surface area contributed by atoms with Crippen LogP contribution < -0.4 is 0 Å². The summed E-state index contributed by atoms with van der Waals surface area (Å²) < 4.78 is 13.1. The number of halogens is 1. The molecule has 0 aromatic carbocycles. The van der Waals surface area contributed by atoms with Crippen molar-refractivity contribution in [2.75, 3.05) is 0 Å². The van der Waals surface area contributed by atoms with Gasteiger partial charge in [-0.25, -0.2) is 4.39 Å². The summed E-state index contributed by atoms with van der Waals surface area (Å²) in [4.78, 5) is 0. The van der Waals surface area contributed by atoms with Gasteiger partial charge in [0.25, 0.3) is 0 Å². The molecule has 1 aliphatic rings. The standard InChI is InChI=1S/C10H19F/c1-7-5-8(6-9(7)11)10(2,3)4/h7-9H,5-6H2,1-4H3/t7-,8?,9+/m0/s1. The minimum Gasteiger partial charge on any atom is -0.247 e. The third-order valence-corrected chi connectivity index (χ3v) is 3.01. The molecule has 0 amide bonds. The Labute approximate surface area is 69.2 Å². The monoisotopic (exact) mass is 158 g/mol. The van der Waals surface area contributed by atoms with E-state index in [1.165, 1.54) is 0 Å². The lowest BCUT2D eigenvalue weighted by Crippen LogP contribution is -2.17. The van der Waals surface area contributed by atoms with Crippen LogP contribution >= 0.6 is 0 Å². The van der Waals surface area contributed by atoms with Crippen LogP contribution in [0.4, 0.5) is 4.39 Å². The summed E-state index contributed by atoms with van der Waals surface area (Å²) in [5.74, 6) is 0.881. The largest absolute Gasteiger partial charge is 0.247 e. The minimum atomic E-state index is -0.542. The number of hydrogen-bond donors (Lipinski definition) is 0. The fourth-order valence-corrected chi connectivity index (χ4v) is 1.90. The van der Waals surface area contributed by atoms with E-state index in [0.29, 0.717) is 17.3 Å². The van der Waals surface area contributed by atoms with E-state index in [1.807, 2.05) is 6.92 Å². The van der Waals surface area contributed by atoms with E-state index >= 15 is 0 Å². The van der Waals surface area contributed by atoms with Crippen LogP contribution in [0, 0.1) is 17.3 Å². The second-order valence-electron chi connectivity index (χ2n) is 5.03. The Morgan fingerprint density at radius 3 is 1.91 bits per heavy atom. The van der Waals surface area contributed by atoms with Crippen molar-refractivity contribution in [2.45, 2.75) is 46.7 Å². The average molecular weight is 158 g/mol. The van der Waals surface area contributed by atoms with Gasteiger partial charge in [0.1, 0.15) is 6.17 Å². The molecule has 0 aromatic heterocycles. The molecule has 0 bridgehead atoms. The van der Waals surface area contributed by atoms with Crippen molar-refractivity contribution < 1.29 is 4.39 Å². The Morgan fingerprint density at radius 2 is 1.73 bits per heavy atom. The van der Waals surface area contributed by atoms with Crippen molar-refractivity contribution in [3.8, 4) is 0 Å². The van der Waals surface area contributed by atoms with E-state index in [0.717, 1.165) is 12.8 Å². The first kappa shape index (κ1) is 9.02. The van der Waals surface area contributed by atoms with Crippen molar-refractivity contribution in [1.29, 1.82) is 0 Å². The first-order valence-corrected chi connectivity index (χ1v) is 4.55. The molecule has 1 heteroatoms. The normalized spacial score (nSPS) is 39.5. The SMILES string of the molecule is C[C@H]1CC(C(C)(C)C)C[C@H]1F. The first-order chi connectivity index (χ1) is 4.91. The molecule has 1 aliphatic carbocycles. The van der Waals surface area contributed by atoms with Crippen molar-refractivity contribution in [1.82, 2.24) is 0 Å². The summed E-state index contributed by atoms with van der Waals surface area (Å²) >= 11 is 0. The maximum Gasteiger partial charge on any atom is 0.103 e. The molecule has 0 heterocycles. The second-order valence-corrected chi connectivity index (χ2v) is 5.03. The van der Waals surface area contributed by atoms with Gasteiger partial charge >= 0.3 is 0 Å². The lowest BCUT2D eigenvalue weighted by Gasteiger charge is -2.26. The molecule has 1 fully saturated rings. The number of alkyl halides is 1. The molecule has 0 N–H and O–H groups in total. The predicted molar refractivity (Wildman–Crippen MR) is 46.2 cm³/mol. The average Bonchev–Trinajstić information content (AvgIpc) is 2.11. The van der Waals surface area contributed by atoms with Crippen LogP contribution in [0.25, 0.3) is 0 Å². The molecule has 11 heavy (non-hydrogen) atoms. The smallest absolute Gasteiger partial charge is 0.103 e. The van der Waals surface area contributed by atoms with E-state index in [-0.39, 0.29) is 0 Å². The highest BCUT2D eigenvalue weighted by atomic mass is 19.1. The molecule has 1 saturated carbocycles. The molecule has 0 aliphatic heterocycles. The van der Waals surface area contributed by atoms with E-state index in [1.54, 1.807) is 0 Å². The van der Waals surface area contributed by atoms with Gasteiger partial charge in [-0.3, -0.25) is 0 Å². The Hall–Kier alpha value is -0.0700. The lowest BCUT2D eigenvalue weighted by molar-refractivity contribution is 0.226. The Kier molecular flexibility index (Phi) is 2.27. The van der Waals surface area contributed by atoms with E-state index in [2.05, 4.69) is 20.8 Å². The van der Waals surface area contributed by atoms with Crippen LogP contribution in [-0.2, 0) is 0 Å². The van der Waals surface area contributed by atoms with Gasteiger partial charge in [0.05, 0.1) is 0 Å². The van der Waals surface area contributed by atoms with E-state index in [9.17, 15) is 4.39 Å². The molecule has 66 valence electrons. The molecule has 1 rings (SSSR count). The van der Waals surface area contributed by atoms with Gasteiger partial charge in [0.2, 0.25) is 0 Å². The highest BCUT2D eigenvalue weighted by molar-refractivity contribution is 4.87. The van der Waals surface area contributed by atoms with Gasteiger partial charge in [0, 0.05) is 0 Å². The van der Waals surface area contributed by atoms with Crippen molar-refractivity contribution in [3.63, 3.8) is 0 Å². The molecule has 0 aromatic rings. The van der Waals surface area contributed by atoms with Crippen LogP contribution in [0.3, 0.4) is 0 Å². The predicted octanol–water partition coefficient (Wildman–Crippen LogP) is 3.42. The van der Waals surface area contributed by atoms with Gasteiger partial charge in [-0.05, 0) is 30.1 Å². The third kappa shape index (κ3) is 1.94. The molecule has 0 spiro atoms. The van der Waals surface area contributed by atoms with Crippen LogP contribution in [-0.4, -0.2) is 6.17 Å². The Bertz CT molecular complexity index is 124. The Balaban J connectivity index is 2.54. The van der Waals surface area contributed by atoms with Crippen LogP contribution in [0.2, 0.25) is 0 Å². The molecule has 0 saturated heterocycles. The second kappa shape index (κ2) is 2.76. The highest BCUT2D eigenvalue weighted by Crippen LogP contribution is 2.43. The highest BCUT2D eigenvalue weighted by Gasteiger charge is 2.37. The molecule has 0 radical (unpaired) electrons. The zero-order valence-electron chi connectivity index (χ0n) is 8.02. The summed E-state index contributed by atoms with van der Waals surface area (Å²) in [5, 5.41) is 0. The Morgan fingerprint density at radius 1 is 1.18 bits per heavy atom. The van der Waals surface area contributed by atoms with E-state index in [4.69, 9.17) is 0 Å². The van der Waals surface area contributed by atoms with Gasteiger partial charge in [0.15, 0.2) is 0 Å². The molecule has 0 nitrogen and oxygen atoms in total. The summed E-state index contributed by atoms with van der Waals surface area (Å²) in [6.45, 7) is 8.66. The fourth-order valence-electron chi connectivity index (χ4n) is 1.90. The quantitative estimate of drug-likeness (QED) is 0.506. The zero-order valence-corrected chi connectivity index (χ0v) is 8.02. The topological polar surface area (TPSA) is 0 Å². The molecular weight excluding hydrogens is 139 g/mol. The number of rotatable bonds is 0. The van der Waals surface area contributed by atoms with Crippen LogP contribution in [0.5, 0.6) is 0 Å². The van der Waals surface area contributed by atoms with Crippen LogP contribution in [0.1, 0.15) is 40.5 Å². The van der Waals surface area contributed by atoms with Gasteiger partial charge in [-0.1, -0.05) is 27.7 Å². The minimum absolute atomic E-state index is 0.291. The number of hydrogen-bond acceptors (Lipinski definition) is 0. The van der Waals surface area contributed by atoms with Crippen molar-refractivity contribution in [3.05, 3.63) is 0 Å². The summed E-state index contributed by atoms with van der Waals surface area (Å²) in [6, 6.07) is 0.